The zero-order valence-corrected chi connectivity index (χ0v) is 18.0. The summed E-state index contributed by atoms with van der Waals surface area (Å²) in [4.78, 5) is 23.7. The molecule has 1 aliphatic heterocycles. The minimum Gasteiger partial charge on any atom is -0.306 e. The molecule has 4 rings (SSSR count). The molecule has 31 heavy (non-hydrogen) atoms. The lowest BCUT2D eigenvalue weighted by Crippen LogP contribution is -2.17. The van der Waals surface area contributed by atoms with Crippen LogP contribution in [0.15, 0.2) is 36.4 Å². The van der Waals surface area contributed by atoms with Crippen LogP contribution in [0.4, 0.5) is 11.5 Å². The third-order valence-corrected chi connectivity index (χ3v) is 6.93. The number of sulfone groups is 1. The number of aromatic nitrogens is 2. The molecule has 0 fully saturated rings. The minimum absolute atomic E-state index is 0.0978. The topological polar surface area (TPSA) is 124 Å². The predicted molar refractivity (Wildman–Crippen MR) is 115 cm³/mol. The first-order valence-corrected chi connectivity index (χ1v) is 11.3. The number of nitro groups is 1. The fourth-order valence-corrected chi connectivity index (χ4v) is 5.13. The molecule has 9 nitrogen and oxygen atoms in total. The number of rotatable bonds is 4. The Kier molecular flexibility index (Phi) is 4.89. The second-order valence-corrected chi connectivity index (χ2v) is 9.71. The van der Waals surface area contributed by atoms with E-state index < -0.39 is 20.7 Å². The smallest absolute Gasteiger partial charge is 0.273 e. The molecule has 10 heteroatoms. The molecule has 1 N–H and O–H groups in total. The number of nitrogens with zero attached hydrogens (tertiary/aromatic N) is 3. The zero-order valence-electron chi connectivity index (χ0n) is 17.2. The van der Waals surface area contributed by atoms with Gasteiger partial charge in [-0.15, -0.1) is 0 Å². The van der Waals surface area contributed by atoms with Crippen LogP contribution < -0.4 is 5.32 Å². The van der Waals surface area contributed by atoms with Gasteiger partial charge in [-0.25, -0.2) is 13.1 Å². The first kappa shape index (κ1) is 20.7. The molecule has 0 unspecified atom stereocenters. The number of nitrogens with one attached hydrogen (secondary N) is 1. The Morgan fingerprint density at radius 1 is 1.13 bits per heavy atom. The third kappa shape index (κ3) is 3.70. The maximum Gasteiger partial charge on any atom is 0.273 e. The van der Waals surface area contributed by atoms with Crippen LogP contribution in [0.25, 0.3) is 5.69 Å². The largest absolute Gasteiger partial charge is 0.306 e. The number of nitro benzene ring substituents is 1. The van der Waals surface area contributed by atoms with E-state index in [2.05, 4.69) is 10.4 Å². The van der Waals surface area contributed by atoms with E-state index in [4.69, 9.17) is 0 Å². The maximum absolute atomic E-state index is 13.0. The molecule has 0 saturated heterocycles. The van der Waals surface area contributed by atoms with Crippen molar-refractivity contribution in [3.8, 4) is 5.69 Å². The Labute approximate surface area is 178 Å². The molecule has 2 heterocycles. The summed E-state index contributed by atoms with van der Waals surface area (Å²) in [5, 5.41) is 18.5. The number of hydrogen-bond donors (Lipinski definition) is 1. The summed E-state index contributed by atoms with van der Waals surface area (Å²) < 4.78 is 25.8. The van der Waals surface area contributed by atoms with Gasteiger partial charge in [-0.05, 0) is 44.0 Å². The number of carbonyl (C=O) groups is 1. The molecular formula is C21H20N4O5S. The van der Waals surface area contributed by atoms with Crippen LogP contribution in [0, 0.1) is 30.9 Å². The molecule has 0 radical (unpaired) electrons. The van der Waals surface area contributed by atoms with Gasteiger partial charge in [0.2, 0.25) is 0 Å². The molecule has 2 aromatic carbocycles. The van der Waals surface area contributed by atoms with Crippen molar-refractivity contribution in [3.05, 3.63) is 80.0 Å². The number of fused-ring (bicyclic) bond motifs is 1. The lowest BCUT2D eigenvalue weighted by molar-refractivity contribution is -0.385. The van der Waals surface area contributed by atoms with Gasteiger partial charge in [-0.3, -0.25) is 14.9 Å². The van der Waals surface area contributed by atoms with Crippen LogP contribution in [0.2, 0.25) is 0 Å². The van der Waals surface area contributed by atoms with Crippen molar-refractivity contribution in [1.29, 1.82) is 0 Å². The molecule has 1 aromatic heterocycles. The van der Waals surface area contributed by atoms with Crippen molar-refractivity contribution in [2.45, 2.75) is 32.3 Å². The zero-order chi connectivity index (χ0) is 22.5. The predicted octanol–water partition coefficient (Wildman–Crippen LogP) is 3.39. The Balaban J connectivity index is 1.81. The van der Waals surface area contributed by atoms with Gasteiger partial charge < -0.3 is 5.32 Å². The summed E-state index contributed by atoms with van der Waals surface area (Å²) >= 11 is 0. The summed E-state index contributed by atoms with van der Waals surface area (Å²) in [5.41, 5.74) is 3.89. The number of hydrogen-bond acceptors (Lipinski definition) is 6. The monoisotopic (exact) mass is 440 g/mol. The number of anilines is 1. The van der Waals surface area contributed by atoms with Crippen molar-refractivity contribution in [3.63, 3.8) is 0 Å². The molecule has 0 bridgehead atoms. The van der Waals surface area contributed by atoms with Gasteiger partial charge in [-0.1, -0.05) is 18.2 Å². The van der Waals surface area contributed by atoms with Crippen LogP contribution in [-0.2, 0) is 21.3 Å². The Morgan fingerprint density at radius 3 is 2.58 bits per heavy atom. The highest BCUT2D eigenvalue weighted by molar-refractivity contribution is 7.90. The number of aryl methyl sites for hydroxylation is 2. The molecule has 0 spiro atoms. The average molecular weight is 440 g/mol. The second-order valence-electron chi connectivity index (χ2n) is 7.65. The highest BCUT2D eigenvalue weighted by Crippen LogP contribution is 2.34. The van der Waals surface area contributed by atoms with E-state index >= 15 is 0 Å². The first-order valence-electron chi connectivity index (χ1n) is 9.51. The maximum atomic E-state index is 13.0. The molecule has 160 valence electrons. The first-order chi connectivity index (χ1) is 14.6. The average Bonchev–Trinajstić information content (AvgIpc) is 3.16. The fourth-order valence-electron chi connectivity index (χ4n) is 3.64. The van der Waals surface area contributed by atoms with Crippen molar-refractivity contribution >= 4 is 27.2 Å². The van der Waals surface area contributed by atoms with E-state index in [1.54, 1.807) is 11.6 Å². The van der Waals surface area contributed by atoms with Gasteiger partial charge in [0.15, 0.2) is 9.84 Å². The van der Waals surface area contributed by atoms with Crippen molar-refractivity contribution < 1.29 is 18.1 Å². The van der Waals surface area contributed by atoms with Crippen molar-refractivity contribution in [1.82, 2.24) is 9.78 Å². The van der Waals surface area contributed by atoms with Crippen molar-refractivity contribution in [2.75, 3.05) is 5.32 Å². The van der Waals surface area contributed by atoms with Crippen LogP contribution in [-0.4, -0.2) is 29.0 Å². The van der Waals surface area contributed by atoms with E-state index in [0.717, 1.165) is 16.8 Å². The van der Waals surface area contributed by atoms with Gasteiger partial charge in [0, 0.05) is 22.8 Å². The molecule has 3 aromatic rings. The Morgan fingerprint density at radius 2 is 1.87 bits per heavy atom. The number of amides is 1. The molecule has 0 saturated carbocycles. The van der Waals surface area contributed by atoms with Gasteiger partial charge in [0.1, 0.15) is 5.82 Å². The lowest BCUT2D eigenvalue weighted by Gasteiger charge is -2.14. The molecule has 0 atom stereocenters. The Hall–Kier alpha value is -3.53. The molecule has 0 aliphatic carbocycles. The van der Waals surface area contributed by atoms with E-state index in [9.17, 15) is 23.3 Å². The molecule has 1 amide bonds. The normalized spacial score (nSPS) is 14.3. The highest BCUT2D eigenvalue weighted by atomic mass is 32.2. The van der Waals surface area contributed by atoms with E-state index in [0.29, 0.717) is 16.8 Å². The summed E-state index contributed by atoms with van der Waals surface area (Å²) in [6.45, 7) is 5.46. The van der Waals surface area contributed by atoms with E-state index in [1.165, 1.54) is 18.2 Å². The highest BCUT2D eigenvalue weighted by Gasteiger charge is 2.33. The third-order valence-electron chi connectivity index (χ3n) is 5.49. The second kappa shape index (κ2) is 7.31. The molecule has 1 aliphatic rings. The Bertz CT molecular complexity index is 1360. The lowest BCUT2D eigenvalue weighted by atomic mass is 10.1. The fraction of sp³-hybridized carbons (Fsp3) is 0.238. The summed E-state index contributed by atoms with van der Waals surface area (Å²) in [5.74, 6) is -0.740. The number of benzene rings is 2. The number of carbonyl (C=O) groups excluding carboxylic acids is 1. The summed E-state index contributed by atoms with van der Waals surface area (Å²) in [6, 6.07) is 9.85. The standard InChI is InChI=1S/C21H20N4O5S/c1-12-5-4-6-18(14(12)3)24-20(16-10-31(29,30)11-17(16)23-24)22-21(26)15-8-7-13(2)19(9-15)25(27)28/h4-9H,10-11H2,1-3H3,(H,22,26). The van der Waals surface area contributed by atoms with E-state index in [-0.39, 0.29) is 28.6 Å². The summed E-state index contributed by atoms with van der Waals surface area (Å²) in [6.07, 6.45) is 0. The van der Waals surface area contributed by atoms with Gasteiger partial charge in [0.05, 0.1) is 27.8 Å². The van der Waals surface area contributed by atoms with Crippen molar-refractivity contribution in [2.24, 2.45) is 0 Å². The van der Waals surface area contributed by atoms with Crippen LogP contribution in [0.3, 0.4) is 0 Å². The molecular weight excluding hydrogens is 420 g/mol. The summed E-state index contributed by atoms with van der Waals surface area (Å²) in [7, 11) is -3.34. The van der Waals surface area contributed by atoms with Gasteiger partial charge >= 0.3 is 0 Å². The SMILES string of the molecule is Cc1ccc(C(=O)Nc2c3c(nn2-c2cccc(C)c2C)CS(=O)(=O)C3)cc1[N+](=O)[O-]. The van der Waals surface area contributed by atoms with E-state index in [1.807, 2.05) is 32.0 Å². The van der Waals surface area contributed by atoms with Crippen LogP contribution in [0.1, 0.15) is 38.3 Å². The minimum atomic E-state index is -3.34. The quantitative estimate of drug-likeness (QED) is 0.490. The van der Waals surface area contributed by atoms with Gasteiger partial charge in [0.25, 0.3) is 11.6 Å². The van der Waals surface area contributed by atoms with Crippen LogP contribution in [0.5, 0.6) is 0 Å². The van der Waals surface area contributed by atoms with Gasteiger partial charge in [-0.2, -0.15) is 5.10 Å². The van der Waals surface area contributed by atoms with Crippen LogP contribution >= 0.6 is 0 Å².